The molecule has 0 aliphatic heterocycles. The van der Waals surface area contributed by atoms with Gasteiger partial charge in [-0.3, -0.25) is 0 Å². The zero-order chi connectivity index (χ0) is 29.1. The van der Waals surface area contributed by atoms with E-state index in [1.54, 1.807) is 24.3 Å². The Morgan fingerprint density at radius 3 is 1.33 bits per heavy atom. The summed E-state index contributed by atoms with van der Waals surface area (Å²) >= 11 is 0. The molecule has 0 aliphatic rings. The minimum atomic E-state index is 0.276. The van der Waals surface area contributed by atoms with Crippen LogP contribution in [0.4, 0.5) is 0 Å². The predicted octanol–water partition coefficient (Wildman–Crippen LogP) is 9.71. The average Bonchev–Trinajstić information content (AvgIpc) is 3.04. The highest BCUT2D eigenvalue weighted by atomic mass is 16.5. The van der Waals surface area contributed by atoms with Crippen molar-refractivity contribution in [2.24, 2.45) is 0 Å². The van der Waals surface area contributed by atoms with Crippen LogP contribution in [0.15, 0.2) is 123 Å². The Morgan fingerprint density at radius 1 is 0.381 bits per heavy atom. The quantitative estimate of drug-likeness (QED) is 0.112. The van der Waals surface area contributed by atoms with E-state index < -0.39 is 0 Å². The Labute approximate surface area is 245 Å². The molecule has 0 atom stereocenters. The molecule has 4 nitrogen and oxygen atoms in total. The number of hydrogen-bond donors (Lipinski definition) is 0. The topological polar surface area (TPSA) is 36.9 Å². The summed E-state index contributed by atoms with van der Waals surface area (Å²) in [6.07, 6.45) is 6.88. The lowest BCUT2D eigenvalue weighted by Crippen LogP contribution is -2.05. The van der Waals surface area contributed by atoms with Gasteiger partial charge in [-0.05, 0) is 49.8 Å². The number of fused-ring (bicyclic) bond motifs is 10. The van der Waals surface area contributed by atoms with Gasteiger partial charge >= 0.3 is 0 Å². The van der Waals surface area contributed by atoms with Gasteiger partial charge in [-0.2, -0.15) is 0 Å². The molecule has 6 rings (SSSR count). The molecule has 0 aromatic heterocycles. The van der Waals surface area contributed by atoms with Crippen LogP contribution >= 0.6 is 0 Å². The first kappa shape index (κ1) is 27.0. The molecule has 6 aromatic rings. The molecule has 0 bridgehead atoms. The van der Waals surface area contributed by atoms with Gasteiger partial charge < -0.3 is 18.9 Å². The molecule has 0 fully saturated rings. The lowest BCUT2D eigenvalue weighted by molar-refractivity contribution is 0.303. The maximum atomic E-state index is 6.54. The Morgan fingerprint density at radius 2 is 0.762 bits per heavy atom. The van der Waals surface area contributed by atoms with E-state index >= 15 is 0 Å². The summed E-state index contributed by atoms with van der Waals surface area (Å²) < 4.78 is 25.4. The number of rotatable bonds is 12. The molecule has 4 heteroatoms. The summed E-state index contributed by atoms with van der Waals surface area (Å²) in [5.74, 6) is 2.32. The summed E-state index contributed by atoms with van der Waals surface area (Å²) in [5.41, 5.74) is 0. The number of benzene rings is 6. The lowest BCUT2D eigenvalue weighted by Gasteiger charge is -2.23. The van der Waals surface area contributed by atoms with E-state index in [9.17, 15) is 0 Å². The van der Waals surface area contributed by atoms with Gasteiger partial charge in [-0.1, -0.05) is 111 Å². The highest BCUT2D eigenvalue weighted by molar-refractivity contribution is 6.35. The third kappa shape index (κ3) is 4.42. The van der Waals surface area contributed by atoms with Crippen LogP contribution in [0.5, 0.6) is 23.0 Å². The van der Waals surface area contributed by atoms with Gasteiger partial charge in [-0.25, -0.2) is 0 Å². The summed E-state index contributed by atoms with van der Waals surface area (Å²) in [5, 5.41) is 10.7. The molecule has 0 heterocycles. The minimum absolute atomic E-state index is 0.276. The zero-order valence-corrected chi connectivity index (χ0v) is 23.5. The van der Waals surface area contributed by atoms with Crippen molar-refractivity contribution in [3.05, 3.63) is 123 Å². The maximum absolute atomic E-state index is 6.54. The largest absolute Gasteiger partial charge is 0.486 e. The molecule has 0 unspecified atom stereocenters. The van der Waals surface area contributed by atoms with Gasteiger partial charge in [0.1, 0.15) is 26.4 Å². The van der Waals surface area contributed by atoms with Crippen molar-refractivity contribution in [2.75, 3.05) is 26.4 Å². The fourth-order valence-corrected chi connectivity index (χ4v) is 5.80. The first-order valence-electron chi connectivity index (χ1n) is 14.0. The predicted molar refractivity (Wildman–Crippen MR) is 177 cm³/mol. The van der Waals surface area contributed by atoms with E-state index in [2.05, 4.69) is 93.0 Å². The molecule has 0 radical (unpaired) electrons. The molecule has 208 valence electrons. The first-order valence-corrected chi connectivity index (χ1v) is 14.0. The van der Waals surface area contributed by atoms with Crippen LogP contribution in [0.3, 0.4) is 0 Å². The summed E-state index contributed by atoms with van der Waals surface area (Å²) in [7, 11) is 0. The fourth-order valence-electron chi connectivity index (χ4n) is 5.80. The van der Waals surface area contributed by atoms with Crippen molar-refractivity contribution in [3.8, 4) is 23.0 Å². The molecule has 6 aromatic carbocycles. The van der Waals surface area contributed by atoms with E-state index in [1.165, 1.54) is 16.2 Å². The molecule has 0 saturated heterocycles. The lowest BCUT2D eigenvalue weighted by atomic mass is 9.88. The van der Waals surface area contributed by atoms with Gasteiger partial charge in [0.25, 0.3) is 0 Å². The highest BCUT2D eigenvalue weighted by Gasteiger charge is 2.25. The smallest absolute Gasteiger partial charge is 0.174 e. The average molecular weight is 553 g/mol. The Kier molecular flexibility index (Phi) is 7.52. The molecule has 0 N–H and O–H groups in total. The van der Waals surface area contributed by atoms with E-state index in [1.807, 2.05) is 6.07 Å². The monoisotopic (exact) mass is 552 g/mol. The minimum Gasteiger partial charge on any atom is -0.486 e. The fraction of sp³-hybridized carbons (Fsp3) is 0.105. The molecular formula is C38H32O4. The molecule has 0 saturated carbocycles. The number of hydrogen-bond acceptors (Lipinski definition) is 4. The molecule has 0 spiro atoms. The van der Waals surface area contributed by atoms with E-state index in [0.717, 1.165) is 37.7 Å². The van der Waals surface area contributed by atoms with Crippen LogP contribution in [-0.4, -0.2) is 26.4 Å². The van der Waals surface area contributed by atoms with Crippen molar-refractivity contribution >= 4 is 53.9 Å². The van der Waals surface area contributed by atoms with Crippen LogP contribution in [0.25, 0.3) is 53.9 Å². The van der Waals surface area contributed by atoms with Gasteiger partial charge in [0.15, 0.2) is 23.0 Å². The second-order valence-corrected chi connectivity index (χ2v) is 9.87. The third-order valence-corrected chi connectivity index (χ3v) is 7.37. The van der Waals surface area contributed by atoms with Crippen LogP contribution in [0.2, 0.25) is 0 Å². The first-order chi connectivity index (χ1) is 20.7. The van der Waals surface area contributed by atoms with Gasteiger partial charge in [-0.15, -0.1) is 0 Å². The van der Waals surface area contributed by atoms with Crippen molar-refractivity contribution in [1.82, 2.24) is 0 Å². The van der Waals surface area contributed by atoms with Crippen molar-refractivity contribution in [2.45, 2.75) is 0 Å². The highest BCUT2D eigenvalue weighted by Crippen LogP contribution is 2.53. The van der Waals surface area contributed by atoms with E-state index in [-0.39, 0.29) is 6.61 Å². The summed E-state index contributed by atoms with van der Waals surface area (Å²) in [4.78, 5) is 0. The van der Waals surface area contributed by atoms with Crippen molar-refractivity contribution < 1.29 is 18.9 Å². The maximum Gasteiger partial charge on any atom is 0.174 e. The van der Waals surface area contributed by atoms with Crippen molar-refractivity contribution in [1.29, 1.82) is 0 Å². The van der Waals surface area contributed by atoms with E-state index in [0.29, 0.717) is 42.8 Å². The summed E-state index contributed by atoms with van der Waals surface area (Å²) in [6, 6.07) is 25.4. The Balaban J connectivity index is 1.88. The van der Waals surface area contributed by atoms with Gasteiger partial charge in [0, 0.05) is 10.8 Å². The Bertz CT molecular complexity index is 1980. The number of ether oxygens (including phenoxy) is 4. The van der Waals surface area contributed by atoms with E-state index in [4.69, 9.17) is 18.9 Å². The second kappa shape index (κ2) is 11.7. The van der Waals surface area contributed by atoms with Gasteiger partial charge in [0.05, 0.1) is 5.39 Å². The molecular weight excluding hydrogens is 520 g/mol. The van der Waals surface area contributed by atoms with Gasteiger partial charge in [0.2, 0.25) is 0 Å². The molecule has 0 amide bonds. The zero-order valence-electron chi connectivity index (χ0n) is 23.5. The van der Waals surface area contributed by atoms with Crippen LogP contribution < -0.4 is 18.9 Å². The van der Waals surface area contributed by atoms with Crippen LogP contribution in [0, 0.1) is 0 Å². The second-order valence-electron chi connectivity index (χ2n) is 9.87. The van der Waals surface area contributed by atoms with Crippen molar-refractivity contribution in [3.63, 3.8) is 0 Å². The van der Waals surface area contributed by atoms with Crippen LogP contribution in [-0.2, 0) is 0 Å². The normalized spacial score (nSPS) is 11.1. The van der Waals surface area contributed by atoms with Crippen LogP contribution in [0.1, 0.15) is 0 Å². The summed E-state index contributed by atoms with van der Waals surface area (Å²) in [6.45, 7) is 16.7. The molecule has 0 aliphatic carbocycles. The standard InChI is InChI=1S/C38H32O4/c1-5-21-39-32-20-19-31-30-18-17-29-27-15-10-9-13-25(27)26-14-11-12-16-28(26)33(29)34(30)37(41-23-7-3)38(42-24-8-4)35(31)36(32)40-22-6-2/h5-20H,1-4,21-24H2. The SMILES string of the molecule is C=CCOc1ccc2c(c1OCC=C)c(OCC=C)c(OCC=C)c1c2ccc2c3ccccc3c3ccccc3c21. The third-order valence-electron chi connectivity index (χ3n) is 7.37. The Hall–Kier alpha value is -5.22. The molecule has 42 heavy (non-hydrogen) atoms.